The van der Waals surface area contributed by atoms with Gasteiger partial charge in [0.05, 0.1) is 11.5 Å². The molecule has 2 aromatic carbocycles. The van der Waals surface area contributed by atoms with Gasteiger partial charge < -0.3 is 10.4 Å². The molecule has 0 aliphatic carbocycles. The van der Waals surface area contributed by atoms with Gasteiger partial charge in [-0.05, 0) is 37.1 Å². The third kappa shape index (κ3) is 4.86. The Morgan fingerprint density at radius 2 is 1.87 bits per heavy atom. The first-order valence-electron chi connectivity index (χ1n) is 7.30. The number of thiol groups is 1. The van der Waals surface area contributed by atoms with Crippen LogP contribution in [0, 0.1) is 12.8 Å². The number of hydrogen-bond donors (Lipinski definition) is 3. The van der Waals surface area contributed by atoms with Gasteiger partial charge in [0.15, 0.2) is 0 Å². The number of rotatable bonds is 6. The number of aromatic carboxylic acids is 1. The molecule has 0 bridgehead atoms. The van der Waals surface area contributed by atoms with Crippen LogP contribution in [0.1, 0.15) is 21.5 Å². The Morgan fingerprint density at radius 3 is 2.48 bits per heavy atom. The highest BCUT2D eigenvalue weighted by atomic mass is 32.1. The van der Waals surface area contributed by atoms with Gasteiger partial charge in [-0.15, -0.1) is 0 Å². The number of anilines is 1. The second-order valence-corrected chi connectivity index (χ2v) is 5.81. The van der Waals surface area contributed by atoms with Crippen molar-refractivity contribution in [2.24, 2.45) is 5.92 Å². The molecule has 1 unspecified atom stereocenters. The third-order valence-corrected chi connectivity index (χ3v) is 4.01. The van der Waals surface area contributed by atoms with Gasteiger partial charge >= 0.3 is 5.97 Å². The standard InChI is InChI=1S/C18H19NO3S/c1-12-5-7-13(8-6-12)9-15(11-23)17(20)19-16-4-2-3-14(10-16)18(21)22/h2-8,10,15,23H,9,11H2,1H3,(H,19,20)(H,21,22). The second-order valence-electron chi connectivity index (χ2n) is 5.44. The van der Waals surface area contributed by atoms with Gasteiger partial charge in [0, 0.05) is 11.4 Å². The summed E-state index contributed by atoms with van der Waals surface area (Å²) in [6.07, 6.45) is 0.592. The minimum Gasteiger partial charge on any atom is -0.478 e. The zero-order valence-corrected chi connectivity index (χ0v) is 13.7. The lowest BCUT2D eigenvalue weighted by atomic mass is 9.99. The van der Waals surface area contributed by atoms with Crippen molar-refractivity contribution in [2.75, 3.05) is 11.1 Å². The van der Waals surface area contributed by atoms with E-state index in [9.17, 15) is 9.59 Å². The Labute approximate surface area is 141 Å². The number of carbonyl (C=O) groups is 2. The van der Waals surface area contributed by atoms with Crippen LogP contribution < -0.4 is 5.32 Å². The van der Waals surface area contributed by atoms with Crippen molar-refractivity contribution in [3.05, 3.63) is 65.2 Å². The van der Waals surface area contributed by atoms with Gasteiger partial charge in [0.2, 0.25) is 5.91 Å². The zero-order chi connectivity index (χ0) is 16.8. The lowest BCUT2D eigenvalue weighted by Crippen LogP contribution is -2.26. The van der Waals surface area contributed by atoms with E-state index in [1.807, 2.05) is 31.2 Å². The first kappa shape index (κ1) is 17.1. The molecule has 2 aromatic rings. The summed E-state index contributed by atoms with van der Waals surface area (Å²) in [5.41, 5.74) is 2.87. The summed E-state index contributed by atoms with van der Waals surface area (Å²) in [5, 5.41) is 11.8. The maximum absolute atomic E-state index is 12.4. The maximum Gasteiger partial charge on any atom is 0.335 e. The SMILES string of the molecule is Cc1ccc(CC(CS)C(=O)Nc2cccc(C(=O)O)c2)cc1. The Hall–Kier alpha value is -2.27. The summed E-state index contributed by atoms with van der Waals surface area (Å²) in [4.78, 5) is 23.4. The van der Waals surface area contributed by atoms with Crippen molar-refractivity contribution in [1.82, 2.24) is 0 Å². The summed E-state index contributed by atoms with van der Waals surface area (Å²) in [7, 11) is 0. The molecule has 0 saturated heterocycles. The minimum absolute atomic E-state index is 0.142. The molecule has 0 aromatic heterocycles. The van der Waals surface area contributed by atoms with Crippen molar-refractivity contribution >= 4 is 30.2 Å². The number of nitrogens with one attached hydrogen (secondary N) is 1. The van der Waals surface area contributed by atoms with E-state index >= 15 is 0 Å². The van der Waals surface area contributed by atoms with Crippen LogP contribution in [0.25, 0.3) is 0 Å². The van der Waals surface area contributed by atoms with Gasteiger partial charge in [-0.2, -0.15) is 12.6 Å². The highest BCUT2D eigenvalue weighted by molar-refractivity contribution is 7.80. The summed E-state index contributed by atoms with van der Waals surface area (Å²) in [6, 6.07) is 14.2. The fourth-order valence-electron chi connectivity index (χ4n) is 2.22. The van der Waals surface area contributed by atoms with E-state index in [0.29, 0.717) is 17.9 Å². The van der Waals surface area contributed by atoms with E-state index in [-0.39, 0.29) is 17.4 Å². The molecule has 120 valence electrons. The Bertz CT molecular complexity index is 698. The highest BCUT2D eigenvalue weighted by Gasteiger charge is 2.18. The molecule has 0 fully saturated rings. The van der Waals surface area contributed by atoms with Crippen LogP contribution in [-0.4, -0.2) is 22.7 Å². The van der Waals surface area contributed by atoms with E-state index < -0.39 is 5.97 Å². The van der Waals surface area contributed by atoms with Crippen LogP contribution >= 0.6 is 12.6 Å². The van der Waals surface area contributed by atoms with E-state index in [2.05, 4.69) is 17.9 Å². The number of carbonyl (C=O) groups excluding carboxylic acids is 1. The van der Waals surface area contributed by atoms with Crippen LogP contribution in [-0.2, 0) is 11.2 Å². The van der Waals surface area contributed by atoms with E-state index in [1.54, 1.807) is 12.1 Å². The number of carboxylic acid groups (broad SMARTS) is 1. The molecule has 0 saturated carbocycles. The van der Waals surface area contributed by atoms with Gasteiger partial charge in [-0.1, -0.05) is 35.9 Å². The van der Waals surface area contributed by atoms with Crippen molar-refractivity contribution in [3.8, 4) is 0 Å². The van der Waals surface area contributed by atoms with Crippen molar-refractivity contribution in [3.63, 3.8) is 0 Å². The van der Waals surface area contributed by atoms with E-state index in [4.69, 9.17) is 5.11 Å². The van der Waals surface area contributed by atoms with Gasteiger partial charge in [-0.25, -0.2) is 4.79 Å². The summed E-state index contributed by atoms with van der Waals surface area (Å²) in [6.45, 7) is 2.02. The molecule has 2 rings (SSSR count). The van der Waals surface area contributed by atoms with Crippen molar-refractivity contribution in [2.45, 2.75) is 13.3 Å². The highest BCUT2D eigenvalue weighted by Crippen LogP contribution is 2.16. The first-order valence-corrected chi connectivity index (χ1v) is 7.93. The molecule has 1 amide bonds. The first-order chi connectivity index (χ1) is 11.0. The van der Waals surface area contributed by atoms with Gasteiger partial charge in [0.1, 0.15) is 0 Å². The fourth-order valence-corrected chi connectivity index (χ4v) is 2.52. The molecule has 2 N–H and O–H groups in total. The summed E-state index contributed by atoms with van der Waals surface area (Å²) >= 11 is 4.27. The number of carboxylic acids is 1. The van der Waals surface area contributed by atoms with Crippen molar-refractivity contribution in [1.29, 1.82) is 0 Å². The Morgan fingerprint density at radius 1 is 1.17 bits per heavy atom. The molecule has 0 aliphatic rings. The van der Waals surface area contributed by atoms with Crippen LogP contribution in [0.4, 0.5) is 5.69 Å². The molecule has 0 radical (unpaired) electrons. The molecule has 0 spiro atoms. The number of amides is 1. The van der Waals surface area contributed by atoms with Crippen LogP contribution in [0.5, 0.6) is 0 Å². The fraction of sp³-hybridized carbons (Fsp3) is 0.222. The van der Waals surface area contributed by atoms with Crippen LogP contribution in [0.15, 0.2) is 48.5 Å². The minimum atomic E-state index is -1.02. The molecular formula is C18H19NO3S. The summed E-state index contributed by atoms with van der Waals surface area (Å²) < 4.78 is 0. The molecule has 23 heavy (non-hydrogen) atoms. The molecule has 1 atom stereocenters. The number of hydrogen-bond acceptors (Lipinski definition) is 3. The molecule has 0 heterocycles. The lowest BCUT2D eigenvalue weighted by Gasteiger charge is -2.15. The number of benzene rings is 2. The molecule has 0 aliphatic heterocycles. The number of aryl methyl sites for hydroxylation is 1. The quantitative estimate of drug-likeness (QED) is 0.712. The van der Waals surface area contributed by atoms with E-state index in [1.165, 1.54) is 17.7 Å². The Balaban J connectivity index is 2.06. The predicted octanol–water partition coefficient (Wildman–Crippen LogP) is 3.42. The maximum atomic E-state index is 12.4. The van der Waals surface area contributed by atoms with Crippen molar-refractivity contribution < 1.29 is 14.7 Å². The Kier molecular flexibility index (Phi) is 5.82. The zero-order valence-electron chi connectivity index (χ0n) is 12.8. The monoisotopic (exact) mass is 329 g/mol. The molecule has 4 nitrogen and oxygen atoms in total. The molecular weight excluding hydrogens is 310 g/mol. The summed E-state index contributed by atoms with van der Waals surface area (Å²) in [5.74, 6) is -1.05. The lowest BCUT2D eigenvalue weighted by molar-refractivity contribution is -0.119. The second kappa shape index (κ2) is 7.83. The molecule has 5 heteroatoms. The topological polar surface area (TPSA) is 66.4 Å². The predicted molar refractivity (Wildman–Crippen MR) is 94.3 cm³/mol. The van der Waals surface area contributed by atoms with E-state index in [0.717, 1.165) is 5.56 Å². The van der Waals surface area contributed by atoms with Gasteiger partial charge in [-0.3, -0.25) is 4.79 Å². The largest absolute Gasteiger partial charge is 0.478 e. The van der Waals surface area contributed by atoms with Crippen LogP contribution in [0.3, 0.4) is 0 Å². The smallest absolute Gasteiger partial charge is 0.335 e. The van der Waals surface area contributed by atoms with Gasteiger partial charge in [0.25, 0.3) is 0 Å². The average molecular weight is 329 g/mol. The van der Waals surface area contributed by atoms with Crippen LogP contribution in [0.2, 0.25) is 0 Å². The third-order valence-electron chi connectivity index (χ3n) is 3.57. The average Bonchev–Trinajstić information content (AvgIpc) is 2.54. The normalized spacial score (nSPS) is 11.7.